The van der Waals surface area contributed by atoms with Crippen LogP contribution in [0.1, 0.15) is 38.2 Å². The second-order valence-corrected chi connectivity index (χ2v) is 7.41. The smallest absolute Gasteiger partial charge is 0.334 e. The summed E-state index contributed by atoms with van der Waals surface area (Å²) in [5.74, 6) is -1.93. The Hall–Kier alpha value is -2.70. The molecule has 1 saturated heterocycles. The van der Waals surface area contributed by atoms with Crippen LogP contribution in [-0.2, 0) is 20.9 Å². The molecule has 144 valence electrons. The van der Waals surface area contributed by atoms with Gasteiger partial charge in [0.05, 0.1) is 0 Å². The number of likely N-dealkylation sites (N-methyl/N-ethyl adjacent to an activating group) is 1. The molecular formula is C20H25N3O4. The fourth-order valence-electron chi connectivity index (χ4n) is 3.84. The highest BCUT2D eigenvalue weighted by Gasteiger charge is 2.49. The van der Waals surface area contributed by atoms with Crippen molar-refractivity contribution in [2.24, 2.45) is 5.92 Å². The van der Waals surface area contributed by atoms with Crippen molar-refractivity contribution in [2.45, 2.75) is 45.2 Å². The number of carbonyl (C=O) groups excluding carboxylic acids is 4. The van der Waals surface area contributed by atoms with Gasteiger partial charge in [-0.25, -0.2) is 9.69 Å². The molecule has 3 rings (SSSR count). The maximum atomic E-state index is 12.7. The number of hydrogen-bond acceptors (Lipinski definition) is 4. The fraction of sp³-hybridized carbons (Fsp3) is 0.500. The molecule has 7 nitrogen and oxygen atoms in total. The maximum absolute atomic E-state index is 12.7. The van der Waals surface area contributed by atoms with Crippen LogP contribution in [0.15, 0.2) is 30.3 Å². The Morgan fingerprint density at radius 1 is 1.07 bits per heavy atom. The predicted molar refractivity (Wildman–Crippen MR) is 98.3 cm³/mol. The molecule has 27 heavy (non-hydrogen) atoms. The number of nitrogens with zero attached hydrogens (tertiary/aromatic N) is 3. The summed E-state index contributed by atoms with van der Waals surface area (Å²) in [7, 11) is 1.61. The van der Waals surface area contributed by atoms with E-state index in [0.717, 1.165) is 34.6 Å². The molecule has 1 heterocycles. The summed E-state index contributed by atoms with van der Waals surface area (Å²) in [6, 6.07) is 8.51. The van der Waals surface area contributed by atoms with Crippen LogP contribution in [0.4, 0.5) is 4.79 Å². The zero-order valence-corrected chi connectivity index (χ0v) is 15.8. The van der Waals surface area contributed by atoms with E-state index in [0.29, 0.717) is 13.0 Å². The molecular weight excluding hydrogens is 346 g/mol. The van der Waals surface area contributed by atoms with Crippen LogP contribution in [-0.4, -0.2) is 58.1 Å². The van der Waals surface area contributed by atoms with E-state index in [9.17, 15) is 19.2 Å². The Bertz CT molecular complexity index is 749. The Balaban J connectivity index is 1.67. The van der Waals surface area contributed by atoms with Gasteiger partial charge < -0.3 is 4.90 Å². The van der Waals surface area contributed by atoms with Crippen molar-refractivity contribution in [1.29, 1.82) is 0 Å². The van der Waals surface area contributed by atoms with E-state index in [1.54, 1.807) is 7.05 Å². The van der Waals surface area contributed by atoms with Gasteiger partial charge in [-0.2, -0.15) is 0 Å². The van der Waals surface area contributed by atoms with Gasteiger partial charge in [0.25, 0.3) is 0 Å². The Morgan fingerprint density at radius 2 is 1.74 bits per heavy atom. The molecule has 1 aromatic carbocycles. The van der Waals surface area contributed by atoms with E-state index >= 15 is 0 Å². The topological polar surface area (TPSA) is 78.0 Å². The van der Waals surface area contributed by atoms with Gasteiger partial charge in [0.2, 0.25) is 5.91 Å². The average Bonchev–Trinajstić information content (AvgIpc) is 2.86. The Labute approximate surface area is 158 Å². The molecule has 2 atom stereocenters. The maximum Gasteiger partial charge on any atom is 0.334 e. The van der Waals surface area contributed by atoms with Crippen LogP contribution >= 0.6 is 0 Å². The first kappa shape index (κ1) is 19.1. The minimum Gasteiger partial charge on any atom is -0.340 e. The van der Waals surface area contributed by atoms with Crippen LogP contribution in [0.2, 0.25) is 0 Å². The second kappa shape index (κ2) is 7.90. The minimum absolute atomic E-state index is 0.163. The lowest BCUT2D eigenvalue weighted by atomic mass is 9.85. The molecule has 0 aromatic heterocycles. The van der Waals surface area contributed by atoms with Gasteiger partial charge in [0.15, 0.2) is 0 Å². The van der Waals surface area contributed by atoms with E-state index < -0.39 is 24.4 Å². The van der Waals surface area contributed by atoms with Crippen LogP contribution in [0.5, 0.6) is 0 Å². The molecule has 1 aromatic rings. The number of amides is 5. The highest BCUT2D eigenvalue weighted by Crippen LogP contribution is 2.31. The Kier molecular flexibility index (Phi) is 5.58. The van der Waals surface area contributed by atoms with Gasteiger partial charge in [-0.05, 0) is 24.3 Å². The van der Waals surface area contributed by atoms with Crippen LogP contribution in [0.25, 0.3) is 0 Å². The highest BCUT2D eigenvalue weighted by atomic mass is 16.2. The number of carbonyl (C=O) groups is 4. The van der Waals surface area contributed by atoms with Gasteiger partial charge in [0.1, 0.15) is 6.54 Å². The third-order valence-corrected chi connectivity index (χ3v) is 5.46. The number of rotatable bonds is 5. The van der Waals surface area contributed by atoms with E-state index in [-0.39, 0.29) is 17.9 Å². The molecule has 5 amide bonds. The SMILES string of the molecule is C[C@H]1CCCC[C@@H]1N1C(=O)C(=O)N(CC(=O)N(C)Cc2ccccc2)C1=O. The molecule has 0 unspecified atom stereocenters. The minimum atomic E-state index is -0.903. The van der Waals surface area contributed by atoms with E-state index in [1.807, 2.05) is 37.3 Å². The average molecular weight is 371 g/mol. The van der Waals surface area contributed by atoms with Crippen molar-refractivity contribution < 1.29 is 19.2 Å². The first-order valence-corrected chi connectivity index (χ1v) is 9.37. The first-order valence-electron chi connectivity index (χ1n) is 9.37. The van der Waals surface area contributed by atoms with Gasteiger partial charge in [-0.15, -0.1) is 0 Å². The van der Waals surface area contributed by atoms with Crippen LogP contribution in [0.3, 0.4) is 0 Å². The molecule has 1 saturated carbocycles. The van der Waals surface area contributed by atoms with E-state index in [1.165, 1.54) is 4.90 Å². The van der Waals surface area contributed by atoms with Crippen molar-refractivity contribution in [3.63, 3.8) is 0 Å². The van der Waals surface area contributed by atoms with Gasteiger partial charge in [-0.3, -0.25) is 19.3 Å². The summed E-state index contributed by atoms with van der Waals surface area (Å²) in [6.45, 7) is 1.95. The third-order valence-electron chi connectivity index (χ3n) is 5.46. The lowest BCUT2D eigenvalue weighted by Crippen LogP contribution is -2.47. The van der Waals surface area contributed by atoms with Gasteiger partial charge in [-0.1, -0.05) is 50.1 Å². The molecule has 2 fully saturated rings. The van der Waals surface area contributed by atoms with Crippen LogP contribution < -0.4 is 0 Å². The number of imide groups is 2. The molecule has 0 N–H and O–H groups in total. The molecule has 2 aliphatic rings. The zero-order chi connectivity index (χ0) is 19.6. The third kappa shape index (κ3) is 3.86. The molecule has 0 bridgehead atoms. The molecule has 0 radical (unpaired) electrons. The quantitative estimate of drug-likeness (QED) is 0.586. The van der Waals surface area contributed by atoms with Crippen molar-refractivity contribution >= 4 is 23.8 Å². The number of benzene rings is 1. The zero-order valence-electron chi connectivity index (χ0n) is 15.8. The van der Waals surface area contributed by atoms with Crippen LogP contribution in [0, 0.1) is 5.92 Å². The number of hydrogen-bond donors (Lipinski definition) is 0. The van der Waals surface area contributed by atoms with Gasteiger partial charge in [0, 0.05) is 19.6 Å². The van der Waals surface area contributed by atoms with Crippen molar-refractivity contribution in [3.05, 3.63) is 35.9 Å². The monoisotopic (exact) mass is 371 g/mol. The van der Waals surface area contributed by atoms with E-state index in [4.69, 9.17) is 0 Å². The summed E-state index contributed by atoms with van der Waals surface area (Å²) >= 11 is 0. The van der Waals surface area contributed by atoms with Crippen molar-refractivity contribution in [1.82, 2.24) is 14.7 Å². The largest absolute Gasteiger partial charge is 0.340 e. The first-order chi connectivity index (χ1) is 12.9. The summed E-state index contributed by atoms with van der Waals surface area (Å²) in [5.41, 5.74) is 0.946. The lowest BCUT2D eigenvalue weighted by Gasteiger charge is -2.34. The van der Waals surface area contributed by atoms with Gasteiger partial charge >= 0.3 is 17.8 Å². The van der Waals surface area contributed by atoms with Crippen molar-refractivity contribution in [2.75, 3.05) is 13.6 Å². The molecule has 1 aliphatic carbocycles. The summed E-state index contributed by atoms with van der Waals surface area (Å²) in [4.78, 5) is 53.3. The lowest BCUT2D eigenvalue weighted by molar-refractivity contribution is -0.145. The normalized spacial score (nSPS) is 23.1. The molecule has 1 aliphatic heterocycles. The summed E-state index contributed by atoms with van der Waals surface area (Å²) in [6.07, 6.45) is 3.63. The highest BCUT2D eigenvalue weighted by molar-refractivity contribution is 6.45. The molecule has 0 spiro atoms. The Morgan fingerprint density at radius 3 is 2.41 bits per heavy atom. The predicted octanol–water partition coefficient (Wildman–Crippen LogP) is 2.01. The van der Waals surface area contributed by atoms with Crippen molar-refractivity contribution in [3.8, 4) is 0 Å². The number of urea groups is 1. The standard InChI is InChI=1S/C20H25N3O4/c1-14-8-6-7-11-16(14)23-19(26)18(25)22(20(23)27)13-17(24)21(2)12-15-9-4-3-5-10-15/h3-5,9-10,14,16H,6-8,11-13H2,1-2H3/t14-,16-/m0/s1. The fourth-order valence-corrected chi connectivity index (χ4v) is 3.84. The van der Waals surface area contributed by atoms with E-state index in [2.05, 4.69) is 0 Å². The second-order valence-electron chi connectivity index (χ2n) is 7.41. The molecule has 7 heteroatoms. The summed E-state index contributed by atoms with van der Waals surface area (Å²) in [5, 5.41) is 0. The summed E-state index contributed by atoms with van der Waals surface area (Å²) < 4.78 is 0.